The van der Waals surface area contributed by atoms with Gasteiger partial charge in [0.15, 0.2) is 6.29 Å². The Bertz CT molecular complexity index is 464. The molecule has 0 bridgehead atoms. The highest BCUT2D eigenvalue weighted by Gasteiger charge is 2.23. The smallest absolute Gasteiger partial charge is 0.152 e. The Balaban J connectivity index is 1.88. The molecule has 1 aliphatic rings. The van der Waals surface area contributed by atoms with Crippen molar-refractivity contribution in [3.8, 4) is 0 Å². The number of nitrogens with zero attached hydrogens (tertiary/aromatic N) is 2. The third-order valence-corrected chi connectivity index (χ3v) is 4.41. The molecule has 3 heteroatoms. The van der Waals surface area contributed by atoms with Crippen molar-refractivity contribution in [2.45, 2.75) is 31.7 Å². The SMILES string of the molecule is C=CCCCN(C)C1CCN(c2ccccc2C=O)CC1. The van der Waals surface area contributed by atoms with Gasteiger partial charge in [0.05, 0.1) is 0 Å². The molecule has 1 aromatic carbocycles. The van der Waals surface area contributed by atoms with Crippen LogP contribution in [-0.4, -0.2) is 43.9 Å². The van der Waals surface area contributed by atoms with E-state index in [0.717, 1.165) is 56.4 Å². The Morgan fingerprint density at radius 2 is 2.05 bits per heavy atom. The summed E-state index contributed by atoms with van der Waals surface area (Å²) in [6.07, 6.45) is 7.56. The first-order valence-electron chi connectivity index (χ1n) is 7.86. The largest absolute Gasteiger partial charge is 0.371 e. The quantitative estimate of drug-likeness (QED) is 0.436. The Morgan fingerprint density at radius 1 is 1.33 bits per heavy atom. The second kappa shape index (κ2) is 7.99. The predicted octanol–water partition coefficient (Wildman–Crippen LogP) is 3.37. The summed E-state index contributed by atoms with van der Waals surface area (Å²) in [6, 6.07) is 8.55. The number of benzene rings is 1. The zero-order valence-corrected chi connectivity index (χ0v) is 13.0. The third kappa shape index (κ3) is 4.18. The average molecular weight is 286 g/mol. The van der Waals surface area contributed by atoms with E-state index in [0.29, 0.717) is 6.04 Å². The number of aldehydes is 1. The van der Waals surface area contributed by atoms with Crippen LogP contribution in [0.3, 0.4) is 0 Å². The first-order chi connectivity index (χ1) is 10.3. The Hall–Kier alpha value is -1.61. The minimum Gasteiger partial charge on any atom is -0.371 e. The minimum atomic E-state index is 0.662. The molecular weight excluding hydrogens is 260 g/mol. The van der Waals surface area contributed by atoms with Gasteiger partial charge in [-0.25, -0.2) is 0 Å². The first kappa shape index (κ1) is 15.8. The van der Waals surface area contributed by atoms with E-state index in [2.05, 4.69) is 29.5 Å². The molecule has 114 valence electrons. The summed E-state index contributed by atoms with van der Waals surface area (Å²) in [7, 11) is 2.22. The predicted molar refractivity (Wildman–Crippen MR) is 89.1 cm³/mol. The fourth-order valence-electron chi connectivity index (χ4n) is 3.09. The molecule has 1 saturated heterocycles. The molecule has 2 rings (SSSR count). The average Bonchev–Trinajstić information content (AvgIpc) is 2.55. The number of carbonyl (C=O) groups is 1. The molecule has 0 unspecified atom stereocenters. The van der Waals surface area contributed by atoms with E-state index in [1.807, 2.05) is 24.3 Å². The molecular formula is C18H26N2O. The molecule has 0 amide bonds. The van der Waals surface area contributed by atoms with Crippen LogP contribution >= 0.6 is 0 Å². The lowest BCUT2D eigenvalue weighted by molar-refractivity contribution is 0.112. The Kier molecular flexibility index (Phi) is 6.00. The van der Waals surface area contributed by atoms with Crippen molar-refractivity contribution in [2.24, 2.45) is 0 Å². The lowest BCUT2D eigenvalue weighted by Crippen LogP contribution is -2.44. The van der Waals surface area contributed by atoms with Gasteiger partial charge in [-0.2, -0.15) is 0 Å². The number of hydrogen-bond donors (Lipinski definition) is 0. The van der Waals surface area contributed by atoms with Crippen LogP contribution < -0.4 is 4.90 Å². The summed E-state index contributed by atoms with van der Waals surface area (Å²) in [5.74, 6) is 0. The first-order valence-corrected chi connectivity index (χ1v) is 7.86. The number of rotatable bonds is 7. The van der Waals surface area contributed by atoms with Crippen LogP contribution in [0.15, 0.2) is 36.9 Å². The van der Waals surface area contributed by atoms with Gasteiger partial charge in [-0.15, -0.1) is 6.58 Å². The molecule has 0 saturated carbocycles. The zero-order valence-electron chi connectivity index (χ0n) is 13.0. The van der Waals surface area contributed by atoms with Crippen LogP contribution in [0.2, 0.25) is 0 Å². The number of allylic oxidation sites excluding steroid dienone is 1. The lowest BCUT2D eigenvalue weighted by atomic mass is 10.0. The van der Waals surface area contributed by atoms with Gasteiger partial charge in [-0.05, 0) is 51.4 Å². The van der Waals surface area contributed by atoms with Gasteiger partial charge in [-0.1, -0.05) is 18.2 Å². The Morgan fingerprint density at radius 3 is 2.71 bits per heavy atom. The summed E-state index contributed by atoms with van der Waals surface area (Å²) in [5.41, 5.74) is 1.88. The molecule has 0 aliphatic carbocycles. The summed E-state index contributed by atoms with van der Waals surface area (Å²) < 4.78 is 0. The van der Waals surface area contributed by atoms with Crippen molar-refractivity contribution in [1.29, 1.82) is 0 Å². The van der Waals surface area contributed by atoms with Gasteiger partial charge >= 0.3 is 0 Å². The van der Waals surface area contributed by atoms with Crippen molar-refractivity contribution in [2.75, 3.05) is 31.6 Å². The van der Waals surface area contributed by atoms with Crippen LogP contribution in [0.25, 0.3) is 0 Å². The molecule has 21 heavy (non-hydrogen) atoms. The topological polar surface area (TPSA) is 23.6 Å². The molecule has 0 aromatic heterocycles. The van der Waals surface area contributed by atoms with Gasteiger partial charge in [-0.3, -0.25) is 4.79 Å². The van der Waals surface area contributed by atoms with Crippen LogP contribution in [0.4, 0.5) is 5.69 Å². The van der Waals surface area contributed by atoms with E-state index in [-0.39, 0.29) is 0 Å². The van der Waals surface area contributed by atoms with Gasteiger partial charge in [0.2, 0.25) is 0 Å². The number of hydrogen-bond acceptors (Lipinski definition) is 3. The van der Waals surface area contributed by atoms with Crippen LogP contribution in [0.1, 0.15) is 36.0 Å². The summed E-state index contributed by atoms with van der Waals surface area (Å²) >= 11 is 0. The monoisotopic (exact) mass is 286 g/mol. The normalized spacial score (nSPS) is 16.2. The maximum atomic E-state index is 11.1. The number of unbranched alkanes of at least 4 members (excludes halogenated alkanes) is 1. The fraction of sp³-hybridized carbons (Fsp3) is 0.500. The molecule has 1 aliphatic heterocycles. The number of piperidine rings is 1. The van der Waals surface area contributed by atoms with Crippen LogP contribution in [0, 0.1) is 0 Å². The maximum Gasteiger partial charge on any atom is 0.152 e. The van der Waals surface area contributed by atoms with E-state index < -0.39 is 0 Å². The van der Waals surface area contributed by atoms with E-state index in [1.54, 1.807) is 0 Å². The van der Waals surface area contributed by atoms with Crippen LogP contribution in [0.5, 0.6) is 0 Å². The summed E-state index contributed by atoms with van der Waals surface area (Å²) in [5, 5.41) is 0. The molecule has 1 heterocycles. The van der Waals surface area contributed by atoms with E-state index in [1.165, 1.54) is 6.42 Å². The lowest BCUT2D eigenvalue weighted by Gasteiger charge is -2.38. The van der Waals surface area contributed by atoms with Crippen molar-refractivity contribution in [3.05, 3.63) is 42.5 Å². The zero-order chi connectivity index (χ0) is 15.1. The van der Waals surface area contributed by atoms with Crippen LogP contribution in [-0.2, 0) is 0 Å². The highest BCUT2D eigenvalue weighted by Crippen LogP contribution is 2.24. The van der Waals surface area contributed by atoms with Crippen molar-refractivity contribution in [3.63, 3.8) is 0 Å². The maximum absolute atomic E-state index is 11.1. The second-order valence-corrected chi connectivity index (χ2v) is 5.81. The molecule has 1 aromatic rings. The molecule has 0 N–H and O–H groups in total. The molecule has 0 radical (unpaired) electrons. The minimum absolute atomic E-state index is 0.662. The van der Waals surface area contributed by atoms with E-state index in [4.69, 9.17) is 0 Å². The molecule has 0 atom stereocenters. The van der Waals surface area contributed by atoms with Gasteiger partial charge in [0, 0.05) is 30.4 Å². The van der Waals surface area contributed by atoms with Gasteiger partial charge < -0.3 is 9.80 Å². The molecule has 0 spiro atoms. The van der Waals surface area contributed by atoms with Crippen molar-refractivity contribution in [1.82, 2.24) is 4.90 Å². The highest BCUT2D eigenvalue weighted by atomic mass is 16.1. The molecule has 1 fully saturated rings. The van der Waals surface area contributed by atoms with Crippen molar-refractivity contribution < 1.29 is 4.79 Å². The summed E-state index contributed by atoms with van der Waals surface area (Å²) in [4.78, 5) is 16.0. The molecule has 3 nitrogen and oxygen atoms in total. The standard InChI is InChI=1S/C18H26N2O/c1-3-4-7-12-19(2)17-10-13-20(14-11-17)18-9-6-5-8-16(18)15-21/h3,5-6,8-9,15,17H,1,4,7,10-14H2,2H3. The number of carbonyl (C=O) groups excluding carboxylic acids is 1. The van der Waals surface area contributed by atoms with E-state index in [9.17, 15) is 4.79 Å². The highest BCUT2D eigenvalue weighted by molar-refractivity contribution is 5.84. The Labute approximate surface area is 128 Å². The number of anilines is 1. The third-order valence-electron chi connectivity index (χ3n) is 4.41. The number of para-hydroxylation sites is 1. The van der Waals surface area contributed by atoms with Crippen molar-refractivity contribution >= 4 is 12.0 Å². The van der Waals surface area contributed by atoms with Gasteiger partial charge in [0.25, 0.3) is 0 Å². The van der Waals surface area contributed by atoms with Gasteiger partial charge in [0.1, 0.15) is 0 Å². The fourth-order valence-corrected chi connectivity index (χ4v) is 3.09. The second-order valence-electron chi connectivity index (χ2n) is 5.81. The summed E-state index contributed by atoms with van der Waals surface area (Å²) in [6.45, 7) is 6.97. The van der Waals surface area contributed by atoms with E-state index >= 15 is 0 Å².